The number of aromatic amines is 1. The molecule has 0 unspecified atom stereocenters. The minimum absolute atomic E-state index is 0.194. The van der Waals surface area contributed by atoms with Gasteiger partial charge in [-0.1, -0.05) is 6.92 Å². The van der Waals surface area contributed by atoms with Crippen molar-refractivity contribution >= 4 is 9.84 Å². The second-order valence-electron chi connectivity index (χ2n) is 7.06. The summed E-state index contributed by atoms with van der Waals surface area (Å²) >= 11 is 0. The molecule has 3 heterocycles. The van der Waals surface area contributed by atoms with Crippen LogP contribution >= 0.6 is 0 Å². The van der Waals surface area contributed by atoms with E-state index in [4.69, 9.17) is 9.47 Å². The molecule has 0 bridgehead atoms. The summed E-state index contributed by atoms with van der Waals surface area (Å²) in [6.45, 7) is 5.19. The Kier molecular flexibility index (Phi) is 5.10. The van der Waals surface area contributed by atoms with Crippen LogP contribution in [0.15, 0.2) is 24.4 Å². The zero-order chi connectivity index (χ0) is 18.9. The van der Waals surface area contributed by atoms with E-state index in [2.05, 4.69) is 15.1 Å². The number of H-pyrrole nitrogens is 1. The topological polar surface area (TPSA) is 84.5 Å². The number of benzene rings is 1. The predicted octanol–water partition coefficient (Wildman–Crippen LogP) is 2.25. The van der Waals surface area contributed by atoms with Gasteiger partial charge in [-0.05, 0) is 44.1 Å². The van der Waals surface area contributed by atoms with E-state index in [9.17, 15) is 8.42 Å². The molecule has 0 aliphatic carbocycles. The average molecular weight is 391 g/mol. The van der Waals surface area contributed by atoms with E-state index in [1.54, 1.807) is 6.92 Å². The molecular weight excluding hydrogens is 366 g/mol. The van der Waals surface area contributed by atoms with Crippen molar-refractivity contribution in [3.05, 3.63) is 30.0 Å². The van der Waals surface area contributed by atoms with Crippen LogP contribution in [0.1, 0.15) is 25.3 Å². The maximum Gasteiger partial charge on any atom is 0.162 e. The fourth-order valence-corrected chi connectivity index (χ4v) is 5.18. The van der Waals surface area contributed by atoms with Crippen LogP contribution in [0.2, 0.25) is 0 Å². The average Bonchev–Trinajstić information content (AvgIpc) is 3.16. The van der Waals surface area contributed by atoms with Crippen LogP contribution in [0.25, 0.3) is 11.3 Å². The molecule has 0 saturated carbocycles. The lowest BCUT2D eigenvalue weighted by Crippen LogP contribution is -2.39. The Bertz CT molecular complexity index is 901. The van der Waals surface area contributed by atoms with Crippen molar-refractivity contribution in [2.75, 3.05) is 32.1 Å². The van der Waals surface area contributed by atoms with Gasteiger partial charge in [0.25, 0.3) is 0 Å². The van der Waals surface area contributed by atoms with Crippen molar-refractivity contribution in [1.29, 1.82) is 0 Å². The molecule has 1 aromatic heterocycles. The fourth-order valence-electron chi connectivity index (χ4n) is 3.78. The molecule has 1 N–H and O–H groups in total. The third-order valence-electron chi connectivity index (χ3n) is 5.39. The maximum absolute atomic E-state index is 12.1. The zero-order valence-electron chi connectivity index (χ0n) is 15.5. The summed E-state index contributed by atoms with van der Waals surface area (Å²) in [5.41, 5.74) is 3.08. The quantitative estimate of drug-likeness (QED) is 0.842. The zero-order valence-corrected chi connectivity index (χ0v) is 16.3. The van der Waals surface area contributed by atoms with Crippen LogP contribution < -0.4 is 9.47 Å². The highest BCUT2D eigenvalue weighted by atomic mass is 32.2. The summed E-state index contributed by atoms with van der Waals surface area (Å²) in [6, 6.07) is 5.91. The number of hydrogen-bond acceptors (Lipinski definition) is 6. The molecule has 1 aromatic carbocycles. The first-order chi connectivity index (χ1) is 13.1. The van der Waals surface area contributed by atoms with Gasteiger partial charge >= 0.3 is 0 Å². The van der Waals surface area contributed by atoms with Gasteiger partial charge in [0.05, 0.1) is 17.1 Å². The van der Waals surface area contributed by atoms with Crippen molar-refractivity contribution < 1.29 is 17.9 Å². The van der Waals surface area contributed by atoms with Crippen molar-refractivity contribution in [3.8, 4) is 22.8 Å². The lowest BCUT2D eigenvalue weighted by atomic mass is 10.1. The second-order valence-corrected chi connectivity index (χ2v) is 9.63. The summed E-state index contributed by atoms with van der Waals surface area (Å²) in [4.78, 5) is 2.30. The second kappa shape index (κ2) is 7.52. The summed E-state index contributed by atoms with van der Waals surface area (Å²) in [7, 11) is -2.94. The molecule has 8 heteroatoms. The lowest BCUT2D eigenvalue weighted by Gasteiger charge is -2.31. The molecule has 0 spiro atoms. The van der Waals surface area contributed by atoms with Gasteiger partial charge in [0.2, 0.25) is 0 Å². The Balaban J connectivity index is 1.46. The number of nitrogens with zero attached hydrogens (tertiary/aromatic N) is 2. The number of ether oxygens (including phenoxy) is 2. The van der Waals surface area contributed by atoms with Gasteiger partial charge in [-0.3, -0.25) is 10.00 Å². The summed E-state index contributed by atoms with van der Waals surface area (Å²) in [5, 5.41) is 7.12. The van der Waals surface area contributed by atoms with Gasteiger partial charge in [-0.2, -0.15) is 5.10 Å². The van der Waals surface area contributed by atoms with Crippen LogP contribution in [-0.2, 0) is 16.4 Å². The molecule has 4 rings (SSSR count). The molecule has 0 amide bonds. The fraction of sp³-hybridized carbons (Fsp3) is 0.526. The van der Waals surface area contributed by atoms with E-state index in [0.717, 1.165) is 48.0 Å². The molecule has 146 valence electrons. The van der Waals surface area contributed by atoms with E-state index in [1.807, 2.05) is 24.4 Å². The highest BCUT2D eigenvalue weighted by Gasteiger charge is 2.29. The van der Waals surface area contributed by atoms with Crippen LogP contribution in [0, 0.1) is 0 Å². The van der Waals surface area contributed by atoms with Crippen LogP contribution in [0.3, 0.4) is 0 Å². The number of piperidine rings is 1. The van der Waals surface area contributed by atoms with Crippen molar-refractivity contribution in [2.24, 2.45) is 0 Å². The highest BCUT2D eigenvalue weighted by molar-refractivity contribution is 7.92. The number of likely N-dealkylation sites (tertiary alicyclic amines) is 1. The standard InChI is InChI=1S/C19H25N3O4S/c1-2-27(23,24)16-5-7-22(8-6-16)13-15-12-20-21-19(15)14-3-4-17-18(11-14)26-10-9-25-17/h3-4,11-12,16H,2,5-10,13H2,1H3,(H,20,21). The Morgan fingerprint density at radius 3 is 2.67 bits per heavy atom. The van der Waals surface area contributed by atoms with Gasteiger partial charge in [0.15, 0.2) is 21.3 Å². The summed E-state index contributed by atoms with van der Waals surface area (Å²) in [6.07, 6.45) is 3.25. The number of fused-ring (bicyclic) bond motifs is 1. The third-order valence-corrected chi connectivity index (χ3v) is 7.68. The number of sulfone groups is 1. The first kappa shape index (κ1) is 18.3. The SMILES string of the molecule is CCS(=O)(=O)C1CCN(Cc2cn[nH]c2-c2ccc3c(c2)OCCO3)CC1. The molecule has 0 atom stereocenters. The number of rotatable bonds is 5. The third kappa shape index (κ3) is 3.82. The van der Waals surface area contributed by atoms with Crippen molar-refractivity contribution in [2.45, 2.75) is 31.6 Å². The van der Waals surface area contributed by atoms with Crippen molar-refractivity contribution in [3.63, 3.8) is 0 Å². The van der Waals surface area contributed by atoms with E-state index in [0.29, 0.717) is 26.1 Å². The summed E-state index contributed by atoms with van der Waals surface area (Å²) < 4.78 is 35.4. The molecule has 2 aromatic rings. The molecule has 0 radical (unpaired) electrons. The van der Waals surface area contributed by atoms with Gasteiger partial charge in [0, 0.05) is 23.4 Å². The molecule has 7 nitrogen and oxygen atoms in total. The molecule has 2 aliphatic heterocycles. The van der Waals surface area contributed by atoms with Crippen LogP contribution in [0.4, 0.5) is 0 Å². The number of aromatic nitrogens is 2. The molecular formula is C19H25N3O4S. The molecule has 2 aliphatic rings. The van der Waals surface area contributed by atoms with Crippen molar-refractivity contribution in [1.82, 2.24) is 15.1 Å². The van der Waals surface area contributed by atoms with E-state index >= 15 is 0 Å². The van der Waals surface area contributed by atoms with Crippen LogP contribution in [0.5, 0.6) is 11.5 Å². The van der Waals surface area contributed by atoms with Gasteiger partial charge in [0.1, 0.15) is 13.2 Å². The molecule has 27 heavy (non-hydrogen) atoms. The molecule has 1 fully saturated rings. The Hall–Kier alpha value is -2.06. The van der Waals surface area contributed by atoms with E-state index < -0.39 is 9.84 Å². The summed E-state index contributed by atoms with van der Waals surface area (Å²) in [5.74, 6) is 1.75. The molecule has 1 saturated heterocycles. The smallest absolute Gasteiger partial charge is 0.162 e. The first-order valence-electron chi connectivity index (χ1n) is 9.43. The predicted molar refractivity (Wildman–Crippen MR) is 103 cm³/mol. The Labute approximate surface area is 159 Å². The number of hydrogen-bond donors (Lipinski definition) is 1. The van der Waals surface area contributed by atoms with Gasteiger partial charge in [-0.25, -0.2) is 8.42 Å². The van der Waals surface area contributed by atoms with E-state index in [-0.39, 0.29) is 11.0 Å². The van der Waals surface area contributed by atoms with Gasteiger partial charge < -0.3 is 9.47 Å². The van der Waals surface area contributed by atoms with Gasteiger partial charge in [-0.15, -0.1) is 0 Å². The lowest BCUT2D eigenvalue weighted by molar-refractivity contribution is 0.171. The van der Waals surface area contributed by atoms with Crippen LogP contribution in [-0.4, -0.2) is 60.8 Å². The monoisotopic (exact) mass is 391 g/mol. The minimum Gasteiger partial charge on any atom is -0.486 e. The maximum atomic E-state index is 12.1. The normalized spacial score (nSPS) is 18.6. The minimum atomic E-state index is -2.94. The van der Waals surface area contributed by atoms with E-state index in [1.165, 1.54) is 0 Å². The largest absolute Gasteiger partial charge is 0.486 e. The first-order valence-corrected chi connectivity index (χ1v) is 11.1. The Morgan fingerprint density at radius 1 is 1.19 bits per heavy atom. The highest BCUT2D eigenvalue weighted by Crippen LogP contribution is 2.35. The number of nitrogens with one attached hydrogen (secondary N) is 1. The Morgan fingerprint density at radius 2 is 1.93 bits per heavy atom.